The lowest BCUT2D eigenvalue weighted by molar-refractivity contribution is 0.0746. The number of carbonyl (C=O) groups is 1. The number of aromatic nitrogens is 6. The molecular weight excluding hydrogens is 476 g/mol. The van der Waals surface area contributed by atoms with Crippen LogP contribution in [0.25, 0.3) is 22.4 Å². The minimum Gasteiger partial charge on any atom is -0.352 e. The van der Waals surface area contributed by atoms with Crippen molar-refractivity contribution in [3.63, 3.8) is 0 Å². The summed E-state index contributed by atoms with van der Waals surface area (Å²) >= 11 is 6.17. The molecule has 0 N–H and O–H groups in total. The molecule has 0 aliphatic carbocycles. The highest BCUT2D eigenvalue weighted by Crippen LogP contribution is 2.27. The largest absolute Gasteiger partial charge is 0.352 e. The van der Waals surface area contributed by atoms with Gasteiger partial charge in [0.1, 0.15) is 12.1 Å². The summed E-state index contributed by atoms with van der Waals surface area (Å²) < 4.78 is 3.57. The van der Waals surface area contributed by atoms with Crippen LogP contribution in [0, 0.1) is 6.92 Å². The number of piperazine rings is 1. The second-order valence-electron chi connectivity index (χ2n) is 8.64. The Morgan fingerprint density at radius 3 is 2.39 bits per heavy atom. The molecule has 4 heterocycles. The maximum atomic E-state index is 13.3. The Kier molecular flexibility index (Phi) is 5.61. The smallest absolute Gasteiger partial charge is 0.257 e. The number of carbonyl (C=O) groups excluding carboxylic acids is 1. The summed E-state index contributed by atoms with van der Waals surface area (Å²) in [6, 6.07) is 17.3. The Morgan fingerprint density at radius 2 is 1.61 bits per heavy atom. The molecule has 5 aromatic rings. The van der Waals surface area contributed by atoms with Crippen molar-refractivity contribution in [1.82, 2.24) is 34.4 Å². The van der Waals surface area contributed by atoms with Crippen molar-refractivity contribution < 1.29 is 4.79 Å². The number of para-hydroxylation sites is 1. The minimum absolute atomic E-state index is 0.00376. The fourth-order valence-corrected chi connectivity index (χ4v) is 4.81. The van der Waals surface area contributed by atoms with Crippen molar-refractivity contribution >= 4 is 34.4 Å². The Balaban J connectivity index is 1.20. The van der Waals surface area contributed by atoms with E-state index in [9.17, 15) is 4.79 Å². The second-order valence-corrected chi connectivity index (χ2v) is 9.08. The minimum atomic E-state index is -0.00376. The van der Waals surface area contributed by atoms with Gasteiger partial charge in [-0.05, 0) is 37.3 Å². The fraction of sp³-hybridized carbons (Fsp3) is 0.192. The SMILES string of the molecule is Cc1c(C(=O)N2CCN(c3ncnc4c3cnn4-c3cccc(Cl)c3)CC2)cnn1-c1ccccc1. The van der Waals surface area contributed by atoms with Crippen LogP contribution in [0.4, 0.5) is 5.82 Å². The van der Waals surface area contributed by atoms with Gasteiger partial charge in [0, 0.05) is 31.2 Å². The molecule has 36 heavy (non-hydrogen) atoms. The maximum Gasteiger partial charge on any atom is 0.257 e. The van der Waals surface area contributed by atoms with Crippen LogP contribution >= 0.6 is 11.6 Å². The summed E-state index contributed by atoms with van der Waals surface area (Å²) in [6.07, 6.45) is 5.00. The fourth-order valence-electron chi connectivity index (χ4n) is 4.62. The Bertz CT molecular complexity index is 1550. The van der Waals surface area contributed by atoms with E-state index >= 15 is 0 Å². The predicted molar refractivity (Wildman–Crippen MR) is 138 cm³/mol. The number of amides is 1. The summed E-state index contributed by atoms with van der Waals surface area (Å²) in [7, 11) is 0. The zero-order valence-electron chi connectivity index (χ0n) is 19.6. The van der Waals surface area contributed by atoms with E-state index in [2.05, 4.69) is 25.1 Å². The third-order valence-electron chi connectivity index (χ3n) is 6.50. The topological polar surface area (TPSA) is 85.0 Å². The second kappa shape index (κ2) is 9.09. The van der Waals surface area contributed by atoms with E-state index < -0.39 is 0 Å². The van der Waals surface area contributed by atoms with Crippen molar-refractivity contribution in [2.45, 2.75) is 6.92 Å². The summed E-state index contributed by atoms with van der Waals surface area (Å²) in [5.74, 6) is 0.810. The van der Waals surface area contributed by atoms with Crippen LogP contribution in [0.3, 0.4) is 0 Å². The van der Waals surface area contributed by atoms with Gasteiger partial charge in [-0.1, -0.05) is 35.9 Å². The van der Waals surface area contributed by atoms with E-state index in [-0.39, 0.29) is 5.91 Å². The van der Waals surface area contributed by atoms with Gasteiger partial charge in [-0.3, -0.25) is 4.79 Å². The molecule has 0 unspecified atom stereocenters. The van der Waals surface area contributed by atoms with Crippen LogP contribution in [0.15, 0.2) is 73.3 Å². The lowest BCUT2D eigenvalue weighted by atomic mass is 10.2. The first kappa shape index (κ1) is 22.2. The molecule has 0 atom stereocenters. The molecule has 1 aliphatic heterocycles. The standard InChI is InChI=1S/C26H23ClN8O/c1-18-22(15-30-34(18)20-7-3-2-4-8-20)26(36)33-12-10-32(11-13-33)24-23-16-31-35(25(23)29-17-28-24)21-9-5-6-19(27)14-21/h2-9,14-17H,10-13H2,1H3. The van der Waals surface area contributed by atoms with Gasteiger partial charge in [-0.25, -0.2) is 19.3 Å². The summed E-state index contributed by atoms with van der Waals surface area (Å²) in [6.45, 7) is 4.42. The highest BCUT2D eigenvalue weighted by molar-refractivity contribution is 6.30. The van der Waals surface area contributed by atoms with Gasteiger partial charge in [0.05, 0.1) is 40.4 Å². The molecule has 9 nitrogen and oxygen atoms in total. The Hall–Kier alpha value is -4.24. The number of rotatable bonds is 4. The van der Waals surface area contributed by atoms with Crippen molar-refractivity contribution in [1.29, 1.82) is 0 Å². The number of hydrogen-bond donors (Lipinski definition) is 0. The van der Waals surface area contributed by atoms with E-state index in [4.69, 9.17) is 11.6 Å². The quantitative estimate of drug-likeness (QED) is 0.373. The van der Waals surface area contributed by atoms with E-state index in [0.717, 1.165) is 28.3 Å². The highest BCUT2D eigenvalue weighted by Gasteiger charge is 2.27. The highest BCUT2D eigenvalue weighted by atomic mass is 35.5. The summed E-state index contributed by atoms with van der Waals surface area (Å²) in [5, 5.41) is 10.5. The predicted octanol–water partition coefficient (Wildman–Crippen LogP) is 3.93. The monoisotopic (exact) mass is 498 g/mol. The van der Waals surface area contributed by atoms with Gasteiger partial charge in [0.25, 0.3) is 5.91 Å². The van der Waals surface area contributed by atoms with E-state index in [1.54, 1.807) is 28.1 Å². The van der Waals surface area contributed by atoms with Gasteiger partial charge in [0.15, 0.2) is 5.65 Å². The van der Waals surface area contributed by atoms with Crippen molar-refractivity contribution in [3.05, 3.63) is 89.6 Å². The molecular formula is C26H23ClN8O. The number of fused-ring (bicyclic) bond motifs is 1. The van der Waals surface area contributed by atoms with Gasteiger partial charge >= 0.3 is 0 Å². The zero-order valence-corrected chi connectivity index (χ0v) is 20.4. The Morgan fingerprint density at radius 1 is 0.861 bits per heavy atom. The first-order chi connectivity index (χ1) is 17.6. The number of benzene rings is 2. The van der Waals surface area contributed by atoms with Gasteiger partial charge in [0.2, 0.25) is 0 Å². The molecule has 1 saturated heterocycles. The van der Waals surface area contributed by atoms with Crippen molar-refractivity contribution in [3.8, 4) is 11.4 Å². The van der Waals surface area contributed by atoms with Crippen LogP contribution < -0.4 is 4.90 Å². The van der Waals surface area contributed by atoms with Gasteiger partial charge in [-0.15, -0.1) is 0 Å². The van der Waals surface area contributed by atoms with Crippen LogP contribution in [-0.2, 0) is 0 Å². The third kappa shape index (κ3) is 3.87. The van der Waals surface area contributed by atoms with Crippen molar-refractivity contribution in [2.24, 2.45) is 0 Å². The van der Waals surface area contributed by atoms with Crippen LogP contribution in [0.2, 0.25) is 5.02 Å². The van der Waals surface area contributed by atoms with Crippen molar-refractivity contribution in [2.75, 3.05) is 31.1 Å². The molecule has 0 radical (unpaired) electrons. The summed E-state index contributed by atoms with van der Waals surface area (Å²) in [5.41, 5.74) is 3.94. The van der Waals surface area contributed by atoms with E-state index in [0.29, 0.717) is 42.4 Å². The molecule has 0 saturated carbocycles. The maximum absolute atomic E-state index is 13.3. The molecule has 180 valence electrons. The molecule has 6 rings (SSSR count). The number of hydrogen-bond acceptors (Lipinski definition) is 6. The number of halogens is 1. The lowest BCUT2D eigenvalue weighted by Crippen LogP contribution is -2.49. The molecule has 0 bridgehead atoms. The molecule has 1 aliphatic rings. The number of nitrogens with zero attached hydrogens (tertiary/aromatic N) is 8. The summed E-state index contributed by atoms with van der Waals surface area (Å²) in [4.78, 5) is 26.4. The molecule has 10 heteroatoms. The average Bonchev–Trinajstić information content (AvgIpc) is 3.52. The molecule has 1 amide bonds. The number of anilines is 1. The van der Waals surface area contributed by atoms with Crippen LogP contribution in [-0.4, -0.2) is 66.5 Å². The normalized spacial score (nSPS) is 13.9. The zero-order chi connectivity index (χ0) is 24.6. The van der Waals surface area contributed by atoms with Crippen LogP contribution in [0.5, 0.6) is 0 Å². The average molecular weight is 499 g/mol. The van der Waals surface area contributed by atoms with Crippen LogP contribution in [0.1, 0.15) is 16.1 Å². The molecule has 1 fully saturated rings. The van der Waals surface area contributed by atoms with Gasteiger partial charge < -0.3 is 9.80 Å². The van der Waals surface area contributed by atoms with E-state index in [1.807, 2.05) is 66.4 Å². The molecule has 0 spiro atoms. The first-order valence-corrected chi connectivity index (χ1v) is 12.1. The van der Waals surface area contributed by atoms with E-state index in [1.165, 1.54) is 0 Å². The Labute approximate surface area is 212 Å². The third-order valence-corrected chi connectivity index (χ3v) is 6.74. The molecule has 3 aromatic heterocycles. The lowest BCUT2D eigenvalue weighted by Gasteiger charge is -2.35. The molecule has 2 aromatic carbocycles. The first-order valence-electron chi connectivity index (χ1n) is 11.7. The van der Waals surface area contributed by atoms with Gasteiger partial charge in [-0.2, -0.15) is 10.2 Å².